The van der Waals surface area contributed by atoms with Crippen molar-refractivity contribution < 1.29 is 9.90 Å². The number of aromatic nitrogens is 1. The predicted molar refractivity (Wildman–Crippen MR) is 90.6 cm³/mol. The van der Waals surface area contributed by atoms with E-state index in [2.05, 4.69) is 21.3 Å². The van der Waals surface area contributed by atoms with Crippen LogP contribution >= 0.6 is 11.3 Å². The minimum atomic E-state index is -0.0502. The van der Waals surface area contributed by atoms with Gasteiger partial charge in [0.05, 0.1) is 12.1 Å². The van der Waals surface area contributed by atoms with Crippen LogP contribution in [0, 0.1) is 13.8 Å². The summed E-state index contributed by atoms with van der Waals surface area (Å²) in [6.45, 7) is 6.93. The molecule has 0 aliphatic carbocycles. The minimum absolute atomic E-state index is 0.0258. The van der Waals surface area contributed by atoms with Gasteiger partial charge in [-0.15, -0.1) is 11.3 Å². The van der Waals surface area contributed by atoms with Crippen LogP contribution in [0.4, 0.5) is 0 Å². The highest BCUT2D eigenvalue weighted by molar-refractivity contribution is 7.09. The van der Waals surface area contributed by atoms with Crippen molar-refractivity contribution in [3.05, 3.63) is 45.4 Å². The Balaban J connectivity index is 2.16. The van der Waals surface area contributed by atoms with Crippen LogP contribution in [0.15, 0.2) is 23.6 Å². The van der Waals surface area contributed by atoms with E-state index in [-0.39, 0.29) is 18.6 Å². The minimum Gasteiger partial charge on any atom is -0.396 e. The van der Waals surface area contributed by atoms with Crippen molar-refractivity contribution in [1.29, 1.82) is 0 Å². The van der Waals surface area contributed by atoms with E-state index in [0.29, 0.717) is 6.42 Å². The van der Waals surface area contributed by atoms with Gasteiger partial charge in [-0.25, -0.2) is 0 Å². The Morgan fingerprint density at radius 2 is 2.23 bits per heavy atom. The highest BCUT2D eigenvalue weighted by atomic mass is 32.1. The monoisotopic (exact) mass is 320 g/mol. The molecule has 2 aromatic heterocycles. The molecule has 2 heterocycles. The van der Waals surface area contributed by atoms with Crippen molar-refractivity contribution in [2.75, 3.05) is 6.61 Å². The molecule has 1 unspecified atom stereocenters. The Hall–Kier alpha value is -1.59. The average molecular weight is 320 g/mol. The summed E-state index contributed by atoms with van der Waals surface area (Å²) >= 11 is 1.72. The van der Waals surface area contributed by atoms with Crippen LogP contribution in [0.1, 0.15) is 46.4 Å². The second-order valence-corrected chi connectivity index (χ2v) is 6.57. The number of aliphatic hydroxyl groups is 1. The lowest BCUT2D eigenvalue weighted by molar-refractivity contribution is 0.0928. The first-order chi connectivity index (χ1) is 10.6. The van der Waals surface area contributed by atoms with Gasteiger partial charge in [-0.05, 0) is 44.2 Å². The summed E-state index contributed by atoms with van der Waals surface area (Å²) in [6.07, 6.45) is 1.41. The van der Waals surface area contributed by atoms with Gasteiger partial charge in [0.15, 0.2) is 0 Å². The third kappa shape index (κ3) is 3.78. The summed E-state index contributed by atoms with van der Waals surface area (Å²) in [5, 5.41) is 14.1. The van der Waals surface area contributed by atoms with E-state index in [1.165, 1.54) is 4.88 Å². The molecule has 2 aromatic rings. The Kier molecular flexibility index (Phi) is 5.80. The first kappa shape index (κ1) is 16.8. The van der Waals surface area contributed by atoms with E-state index in [4.69, 9.17) is 5.11 Å². The number of thiophene rings is 1. The predicted octanol–water partition coefficient (Wildman–Crippen LogP) is 3.11. The molecular formula is C17H24N2O2S. The van der Waals surface area contributed by atoms with E-state index in [1.807, 2.05) is 32.9 Å². The summed E-state index contributed by atoms with van der Waals surface area (Å²) in [5.74, 6) is -0.0502. The molecule has 1 amide bonds. The summed E-state index contributed by atoms with van der Waals surface area (Å²) in [5.41, 5.74) is 2.80. The molecule has 0 bridgehead atoms. The van der Waals surface area contributed by atoms with Gasteiger partial charge < -0.3 is 15.0 Å². The molecule has 0 radical (unpaired) electrons. The first-order valence-electron chi connectivity index (χ1n) is 7.67. The van der Waals surface area contributed by atoms with E-state index in [9.17, 15) is 4.79 Å². The maximum Gasteiger partial charge on any atom is 0.253 e. The molecular weight excluding hydrogens is 296 g/mol. The Morgan fingerprint density at radius 1 is 1.45 bits per heavy atom. The largest absolute Gasteiger partial charge is 0.396 e. The smallest absolute Gasteiger partial charge is 0.253 e. The first-order valence-corrected chi connectivity index (χ1v) is 8.55. The van der Waals surface area contributed by atoms with Gasteiger partial charge in [0.25, 0.3) is 5.91 Å². The van der Waals surface area contributed by atoms with Crippen molar-refractivity contribution in [3.63, 3.8) is 0 Å². The third-order valence-corrected chi connectivity index (χ3v) is 4.88. The van der Waals surface area contributed by atoms with Crippen molar-refractivity contribution >= 4 is 17.2 Å². The van der Waals surface area contributed by atoms with Crippen molar-refractivity contribution in [2.24, 2.45) is 0 Å². The van der Waals surface area contributed by atoms with Crippen LogP contribution in [-0.2, 0) is 6.54 Å². The van der Waals surface area contributed by atoms with Gasteiger partial charge in [-0.3, -0.25) is 4.79 Å². The molecule has 0 aliphatic rings. The number of carbonyl (C=O) groups is 1. The van der Waals surface area contributed by atoms with Gasteiger partial charge in [-0.2, -0.15) is 0 Å². The zero-order valence-corrected chi connectivity index (χ0v) is 14.2. The molecule has 22 heavy (non-hydrogen) atoms. The molecule has 0 saturated carbocycles. The molecule has 2 rings (SSSR count). The fourth-order valence-electron chi connectivity index (χ4n) is 2.63. The number of nitrogens with one attached hydrogen (secondary N) is 1. The van der Waals surface area contributed by atoms with Crippen molar-refractivity contribution in [1.82, 2.24) is 9.88 Å². The van der Waals surface area contributed by atoms with Crippen molar-refractivity contribution in [2.45, 2.75) is 46.2 Å². The zero-order valence-electron chi connectivity index (χ0n) is 13.4. The number of rotatable bonds is 7. The molecule has 0 aromatic carbocycles. The quantitative estimate of drug-likeness (QED) is 0.823. The van der Waals surface area contributed by atoms with Crippen LogP contribution < -0.4 is 5.32 Å². The number of carbonyl (C=O) groups excluding carboxylic acids is 1. The molecule has 0 aliphatic heterocycles. The maximum absolute atomic E-state index is 12.5. The lowest BCUT2D eigenvalue weighted by atomic mass is 10.1. The summed E-state index contributed by atoms with van der Waals surface area (Å²) in [6, 6.07) is 6.13. The van der Waals surface area contributed by atoms with Crippen LogP contribution in [0.2, 0.25) is 0 Å². The molecule has 0 fully saturated rings. The fraction of sp³-hybridized carbons (Fsp3) is 0.471. The summed E-state index contributed by atoms with van der Waals surface area (Å²) in [4.78, 5) is 13.8. The summed E-state index contributed by atoms with van der Waals surface area (Å²) in [7, 11) is 0. The number of aliphatic hydroxyl groups excluding tert-OH is 1. The SMILES string of the molecule is CCC(CCO)NC(=O)c1cc(C)n(Cc2cccs2)c1C. The van der Waals surface area contributed by atoms with Crippen LogP contribution in [0.25, 0.3) is 0 Å². The highest BCUT2D eigenvalue weighted by Gasteiger charge is 2.18. The van der Waals surface area contributed by atoms with E-state index >= 15 is 0 Å². The van der Waals surface area contributed by atoms with Gasteiger partial charge >= 0.3 is 0 Å². The topological polar surface area (TPSA) is 54.3 Å². The molecule has 4 nitrogen and oxygen atoms in total. The number of amides is 1. The Labute approximate surface area is 135 Å². The van der Waals surface area contributed by atoms with E-state index in [1.54, 1.807) is 11.3 Å². The van der Waals surface area contributed by atoms with Crippen LogP contribution in [0.3, 0.4) is 0 Å². The highest BCUT2D eigenvalue weighted by Crippen LogP contribution is 2.19. The van der Waals surface area contributed by atoms with Gasteiger partial charge in [0.1, 0.15) is 0 Å². The number of aryl methyl sites for hydroxylation is 1. The van der Waals surface area contributed by atoms with Gasteiger partial charge in [0.2, 0.25) is 0 Å². The van der Waals surface area contributed by atoms with E-state index in [0.717, 1.165) is 29.9 Å². The summed E-state index contributed by atoms with van der Waals surface area (Å²) < 4.78 is 2.17. The zero-order chi connectivity index (χ0) is 16.1. The second-order valence-electron chi connectivity index (χ2n) is 5.54. The van der Waals surface area contributed by atoms with Crippen LogP contribution in [0.5, 0.6) is 0 Å². The standard InChI is InChI=1S/C17H24N2O2S/c1-4-14(7-8-20)18-17(21)16-10-12(2)19(13(16)3)11-15-6-5-9-22-15/h5-6,9-10,14,20H,4,7-8,11H2,1-3H3,(H,18,21). The normalized spacial score (nSPS) is 12.4. The molecule has 0 saturated heterocycles. The lowest BCUT2D eigenvalue weighted by Gasteiger charge is -2.15. The molecule has 1 atom stereocenters. The Morgan fingerprint density at radius 3 is 2.82 bits per heavy atom. The average Bonchev–Trinajstić information content (AvgIpc) is 3.10. The third-order valence-electron chi connectivity index (χ3n) is 4.02. The van der Waals surface area contributed by atoms with E-state index < -0.39 is 0 Å². The lowest BCUT2D eigenvalue weighted by Crippen LogP contribution is -2.35. The molecule has 2 N–H and O–H groups in total. The maximum atomic E-state index is 12.5. The molecule has 120 valence electrons. The number of hydrogen-bond donors (Lipinski definition) is 2. The van der Waals surface area contributed by atoms with Gasteiger partial charge in [0, 0.05) is 28.9 Å². The fourth-order valence-corrected chi connectivity index (χ4v) is 3.32. The Bertz CT molecular complexity index is 617. The van der Waals surface area contributed by atoms with Gasteiger partial charge in [-0.1, -0.05) is 13.0 Å². The van der Waals surface area contributed by atoms with Crippen LogP contribution in [-0.4, -0.2) is 28.2 Å². The van der Waals surface area contributed by atoms with Crippen molar-refractivity contribution in [3.8, 4) is 0 Å². The number of hydrogen-bond acceptors (Lipinski definition) is 3. The molecule has 5 heteroatoms. The second kappa shape index (κ2) is 7.61. The molecule has 0 spiro atoms. The number of nitrogens with zero attached hydrogens (tertiary/aromatic N) is 1.